The van der Waals surface area contributed by atoms with Crippen LogP contribution in [0.1, 0.15) is 82.2 Å². The van der Waals surface area contributed by atoms with Crippen molar-refractivity contribution in [1.29, 1.82) is 0 Å². The number of Topliss-reactive ketones (excluding diaryl/α,β-unsaturated/α-hetero) is 1. The highest BCUT2D eigenvalue weighted by Gasteiger charge is 2.24. The summed E-state index contributed by atoms with van der Waals surface area (Å²) in [6, 6.07) is 15.0. The first-order valence-corrected chi connectivity index (χ1v) is 13.2. The van der Waals surface area contributed by atoms with E-state index < -0.39 is 5.25 Å². The number of hydrogen-bond acceptors (Lipinski definition) is 6. The van der Waals surface area contributed by atoms with Crippen LogP contribution in [0, 0.1) is 5.92 Å². The van der Waals surface area contributed by atoms with Crippen LogP contribution < -0.4 is 10.1 Å². The number of nitrogens with zero attached hydrogens (tertiary/aromatic N) is 3. The van der Waals surface area contributed by atoms with E-state index in [9.17, 15) is 9.59 Å². The minimum Gasteiger partial charge on any atom is -0.482 e. The summed E-state index contributed by atoms with van der Waals surface area (Å²) < 4.78 is 8.40. The van der Waals surface area contributed by atoms with Crippen molar-refractivity contribution in [3.8, 4) is 5.75 Å². The van der Waals surface area contributed by atoms with Crippen LogP contribution in [0.15, 0.2) is 53.7 Å². The first-order valence-electron chi connectivity index (χ1n) is 12.3. The lowest BCUT2D eigenvalue weighted by Crippen LogP contribution is -2.23. The number of anilines is 1. The zero-order valence-corrected chi connectivity index (χ0v) is 22.9. The molecule has 2 unspecified atom stereocenters. The van der Waals surface area contributed by atoms with Crippen molar-refractivity contribution in [2.75, 3.05) is 5.32 Å². The number of para-hydroxylation sites is 1. The fourth-order valence-corrected chi connectivity index (χ4v) is 4.67. The standard InChI is InChI=1S/C28H36N4O3S/c1-17(2)16-32-26(20(6)35-25-14-9-8-13-24(25)18(3)4)30-31-28(32)36-21(7)27(34)29-23-12-10-11-22(15-23)19(5)33/h8-15,17-18,20-21H,16H2,1-7H3,(H,29,34). The van der Waals surface area contributed by atoms with Crippen molar-refractivity contribution in [2.45, 2.75) is 77.4 Å². The van der Waals surface area contributed by atoms with Crippen LogP contribution in [0.2, 0.25) is 0 Å². The average Bonchev–Trinajstić information content (AvgIpc) is 3.20. The Morgan fingerprint density at radius 3 is 2.39 bits per heavy atom. The molecule has 0 aliphatic heterocycles. The lowest BCUT2D eigenvalue weighted by molar-refractivity contribution is -0.115. The molecule has 0 aliphatic carbocycles. The van der Waals surface area contributed by atoms with Crippen LogP contribution in [-0.2, 0) is 11.3 Å². The lowest BCUT2D eigenvalue weighted by atomic mass is 10.0. The maximum absolute atomic E-state index is 12.9. The second-order valence-corrected chi connectivity index (χ2v) is 11.0. The lowest BCUT2D eigenvalue weighted by Gasteiger charge is -2.21. The van der Waals surface area contributed by atoms with Gasteiger partial charge in [-0.2, -0.15) is 0 Å². The van der Waals surface area contributed by atoms with Crippen LogP contribution in [0.25, 0.3) is 0 Å². The Morgan fingerprint density at radius 2 is 1.72 bits per heavy atom. The summed E-state index contributed by atoms with van der Waals surface area (Å²) in [6.45, 7) is 14.6. The Kier molecular flexibility index (Phi) is 9.31. The van der Waals surface area contributed by atoms with Crippen molar-refractivity contribution in [3.05, 3.63) is 65.5 Å². The third-order valence-corrected chi connectivity index (χ3v) is 6.77. The molecule has 3 rings (SSSR count). The molecular weight excluding hydrogens is 472 g/mol. The Bertz CT molecular complexity index is 1210. The predicted molar refractivity (Wildman–Crippen MR) is 145 cm³/mol. The van der Waals surface area contributed by atoms with Crippen molar-refractivity contribution in [3.63, 3.8) is 0 Å². The minimum absolute atomic E-state index is 0.0461. The first-order chi connectivity index (χ1) is 17.1. The van der Waals surface area contributed by atoms with E-state index in [1.807, 2.05) is 32.0 Å². The summed E-state index contributed by atoms with van der Waals surface area (Å²) in [6.07, 6.45) is -0.316. The molecule has 1 N–H and O–H groups in total. The van der Waals surface area contributed by atoms with Gasteiger partial charge in [-0.15, -0.1) is 10.2 Å². The molecule has 0 saturated carbocycles. The monoisotopic (exact) mass is 508 g/mol. The summed E-state index contributed by atoms with van der Waals surface area (Å²) in [5.74, 6) is 2.04. The smallest absolute Gasteiger partial charge is 0.237 e. The molecule has 7 nitrogen and oxygen atoms in total. The van der Waals surface area contributed by atoms with Gasteiger partial charge in [0.25, 0.3) is 0 Å². The molecule has 0 aliphatic rings. The number of nitrogens with one attached hydrogen (secondary N) is 1. The fourth-order valence-electron chi connectivity index (χ4n) is 3.80. The number of carbonyl (C=O) groups excluding carboxylic acids is 2. The third kappa shape index (κ3) is 6.97. The SMILES string of the molecule is CC(=O)c1cccc(NC(=O)C(C)Sc2nnc(C(C)Oc3ccccc3C(C)C)n2CC(C)C)c1. The van der Waals surface area contributed by atoms with Gasteiger partial charge >= 0.3 is 0 Å². The zero-order valence-electron chi connectivity index (χ0n) is 22.1. The highest BCUT2D eigenvalue weighted by Crippen LogP contribution is 2.32. The van der Waals surface area contributed by atoms with Crippen LogP contribution >= 0.6 is 11.8 Å². The van der Waals surface area contributed by atoms with E-state index in [2.05, 4.69) is 53.8 Å². The van der Waals surface area contributed by atoms with Crippen molar-refractivity contribution >= 4 is 29.1 Å². The van der Waals surface area contributed by atoms with Gasteiger partial charge in [-0.3, -0.25) is 9.59 Å². The molecule has 2 atom stereocenters. The van der Waals surface area contributed by atoms with Gasteiger partial charge in [0.15, 0.2) is 22.9 Å². The van der Waals surface area contributed by atoms with E-state index in [-0.39, 0.29) is 17.8 Å². The third-order valence-electron chi connectivity index (χ3n) is 5.69. The van der Waals surface area contributed by atoms with Gasteiger partial charge in [0.2, 0.25) is 5.91 Å². The molecule has 1 amide bonds. The minimum atomic E-state index is -0.424. The quantitative estimate of drug-likeness (QED) is 0.234. The van der Waals surface area contributed by atoms with Gasteiger partial charge in [0, 0.05) is 17.8 Å². The second kappa shape index (κ2) is 12.2. The highest BCUT2D eigenvalue weighted by molar-refractivity contribution is 8.00. The maximum atomic E-state index is 12.9. The number of ketones is 1. The fraction of sp³-hybridized carbons (Fsp3) is 0.429. The number of aromatic nitrogens is 3. The van der Waals surface area contributed by atoms with E-state index in [1.54, 1.807) is 24.3 Å². The number of carbonyl (C=O) groups is 2. The molecule has 0 saturated heterocycles. The summed E-state index contributed by atoms with van der Waals surface area (Å²) in [4.78, 5) is 24.6. The normalized spacial score (nSPS) is 13.0. The number of hydrogen-bond donors (Lipinski definition) is 1. The number of ether oxygens (including phenoxy) is 1. The van der Waals surface area contributed by atoms with Crippen LogP contribution in [0.5, 0.6) is 5.75 Å². The van der Waals surface area contributed by atoms with E-state index in [4.69, 9.17) is 4.74 Å². The topological polar surface area (TPSA) is 86.1 Å². The summed E-state index contributed by atoms with van der Waals surface area (Å²) in [7, 11) is 0. The average molecular weight is 509 g/mol. The van der Waals surface area contributed by atoms with Crippen molar-refractivity contribution in [1.82, 2.24) is 14.8 Å². The Hall–Kier alpha value is -3.13. The van der Waals surface area contributed by atoms with Gasteiger partial charge in [-0.25, -0.2) is 0 Å². The first kappa shape index (κ1) is 27.5. The van der Waals surface area contributed by atoms with Crippen LogP contribution in [-0.4, -0.2) is 31.7 Å². The Balaban J connectivity index is 1.78. The summed E-state index contributed by atoms with van der Waals surface area (Å²) >= 11 is 1.36. The molecule has 1 heterocycles. The van der Waals surface area contributed by atoms with Gasteiger partial charge in [-0.1, -0.05) is 69.8 Å². The van der Waals surface area contributed by atoms with E-state index in [1.165, 1.54) is 18.7 Å². The molecule has 0 radical (unpaired) electrons. The molecule has 1 aromatic heterocycles. The predicted octanol–water partition coefficient (Wildman–Crippen LogP) is 6.52. The van der Waals surface area contributed by atoms with E-state index in [0.717, 1.165) is 17.1 Å². The molecule has 0 bridgehead atoms. The van der Waals surface area contributed by atoms with Gasteiger partial charge < -0.3 is 14.6 Å². The molecule has 8 heteroatoms. The molecule has 0 spiro atoms. The maximum Gasteiger partial charge on any atom is 0.237 e. The van der Waals surface area contributed by atoms with Gasteiger partial charge in [-0.05, 0) is 56.4 Å². The van der Waals surface area contributed by atoms with E-state index in [0.29, 0.717) is 34.8 Å². The largest absolute Gasteiger partial charge is 0.482 e. The molecule has 0 fully saturated rings. The molecule has 36 heavy (non-hydrogen) atoms. The Labute approximate surface area is 218 Å². The summed E-state index contributed by atoms with van der Waals surface area (Å²) in [5.41, 5.74) is 2.30. The number of thioether (sulfide) groups is 1. The second-order valence-electron chi connectivity index (χ2n) is 9.68. The zero-order chi connectivity index (χ0) is 26.4. The van der Waals surface area contributed by atoms with Gasteiger partial charge in [0.05, 0.1) is 5.25 Å². The van der Waals surface area contributed by atoms with Gasteiger partial charge in [0.1, 0.15) is 5.75 Å². The molecule has 3 aromatic rings. The molecule has 2 aromatic carbocycles. The van der Waals surface area contributed by atoms with Crippen molar-refractivity contribution in [2.24, 2.45) is 5.92 Å². The van der Waals surface area contributed by atoms with Crippen molar-refractivity contribution < 1.29 is 14.3 Å². The van der Waals surface area contributed by atoms with Crippen LogP contribution in [0.4, 0.5) is 5.69 Å². The number of rotatable bonds is 11. The van der Waals surface area contributed by atoms with E-state index >= 15 is 0 Å². The Morgan fingerprint density at radius 1 is 1.00 bits per heavy atom. The molecular formula is C28H36N4O3S. The molecule has 192 valence electrons. The highest BCUT2D eigenvalue weighted by atomic mass is 32.2. The number of benzene rings is 2. The number of amides is 1. The summed E-state index contributed by atoms with van der Waals surface area (Å²) in [5, 5.41) is 12.0. The van der Waals surface area contributed by atoms with Crippen LogP contribution in [0.3, 0.4) is 0 Å².